The molecule has 1 atom stereocenters. The van der Waals surface area contributed by atoms with Gasteiger partial charge in [-0.25, -0.2) is 0 Å². The molecule has 10 heavy (non-hydrogen) atoms. The number of nitrogens with zero attached hydrogens (tertiary/aromatic N) is 1. The molecule has 1 saturated heterocycles. The van der Waals surface area contributed by atoms with Gasteiger partial charge in [-0.1, -0.05) is 6.92 Å². The normalized spacial score (nSPS) is 32.0. The molecular formula is C7H12N2O. The molecule has 0 bridgehead atoms. The van der Waals surface area contributed by atoms with Gasteiger partial charge in [0.25, 0.3) is 0 Å². The number of rotatable bonds is 2. The van der Waals surface area contributed by atoms with Crippen LogP contribution in [0.2, 0.25) is 0 Å². The molecule has 1 fully saturated rings. The summed E-state index contributed by atoms with van der Waals surface area (Å²) in [6.07, 6.45) is 0.817. The standard InChI is InChI=1S/C7H12N2O/c1-2-9-7(5-8)3-4-10-6-7/h9H,2-4,6H2,1H3. The summed E-state index contributed by atoms with van der Waals surface area (Å²) in [4.78, 5) is 0. The van der Waals surface area contributed by atoms with Gasteiger partial charge in [0.2, 0.25) is 0 Å². The van der Waals surface area contributed by atoms with Crippen molar-refractivity contribution in [2.45, 2.75) is 18.9 Å². The highest BCUT2D eigenvalue weighted by Gasteiger charge is 2.33. The van der Waals surface area contributed by atoms with Crippen molar-refractivity contribution in [1.82, 2.24) is 5.32 Å². The summed E-state index contributed by atoms with van der Waals surface area (Å²) < 4.78 is 5.12. The van der Waals surface area contributed by atoms with Crippen LogP contribution in [0.3, 0.4) is 0 Å². The molecule has 0 saturated carbocycles. The van der Waals surface area contributed by atoms with Crippen LogP contribution in [-0.2, 0) is 4.74 Å². The van der Waals surface area contributed by atoms with E-state index in [0.29, 0.717) is 13.2 Å². The second-order valence-corrected chi connectivity index (χ2v) is 2.53. The molecule has 56 valence electrons. The molecule has 0 radical (unpaired) electrons. The summed E-state index contributed by atoms with van der Waals surface area (Å²) in [5.74, 6) is 0. The van der Waals surface area contributed by atoms with Gasteiger partial charge >= 0.3 is 0 Å². The summed E-state index contributed by atoms with van der Waals surface area (Å²) in [6.45, 7) is 4.08. The Morgan fingerprint density at radius 3 is 3.00 bits per heavy atom. The molecule has 1 aliphatic heterocycles. The van der Waals surface area contributed by atoms with Crippen LogP contribution in [0.1, 0.15) is 13.3 Å². The van der Waals surface area contributed by atoms with E-state index in [1.807, 2.05) is 6.92 Å². The second kappa shape index (κ2) is 3.00. The first-order valence-electron chi connectivity index (χ1n) is 3.57. The molecule has 0 amide bonds. The third kappa shape index (κ3) is 1.28. The lowest BCUT2D eigenvalue weighted by Gasteiger charge is -2.18. The number of ether oxygens (including phenoxy) is 1. The minimum atomic E-state index is -0.380. The van der Waals surface area contributed by atoms with Crippen LogP contribution in [0.15, 0.2) is 0 Å². The maximum Gasteiger partial charge on any atom is 0.132 e. The fraction of sp³-hybridized carbons (Fsp3) is 0.857. The van der Waals surface area contributed by atoms with Gasteiger partial charge in [0.1, 0.15) is 5.54 Å². The summed E-state index contributed by atoms with van der Waals surface area (Å²) in [7, 11) is 0. The zero-order valence-electron chi connectivity index (χ0n) is 6.18. The smallest absolute Gasteiger partial charge is 0.132 e. The predicted molar refractivity (Wildman–Crippen MR) is 37.5 cm³/mol. The maximum atomic E-state index is 8.76. The molecule has 1 rings (SSSR count). The van der Waals surface area contributed by atoms with Crippen LogP contribution in [0.4, 0.5) is 0 Å². The SMILES string of the molecule is CCNC1(C#N)CCOC1. The first-order chi connectivity index (χ1) is 4.83. The van der Waals surface area contributed by atoms with E-state index in [0.717, 1.165) is 13.0 Å². The van der Waals surface area contributed by atoms with Gasteiger partial charge in [-0.2, -0.15) is 5.26 Å². The Kier molecular flexibility index (Phi) is 2.25. The molecule has 0 aliphatic carbocycles. The van der Waals surface area contributed by atoms with E-state index >= 15 is 0 Å². The predicted octanol–water partition coefficient (Wildman–Crippen LogP) is 0.279. The summed E-state index contributed by atoms with van der Waals surface area (Å²) in [5, 5.41) is 11.9. The topological polar surface area (TPSA) is 45.0 Å². The van der Waals surface area contributed by atoms with E-state index in [1.165, 1.54) is 0 Å². The number of nitrogens with one attached hydrogen (secondary N) is 1. The third-order valence-electron chi connectivity index (χ3n) is 1.75. The van der Waals surface area contributed by atoms with Crippen LogP contribution in [0.5, 0.6) is 0 Å². The zero-order chi connectivity index (χ0) is 7.45. The minimum Gasteiger partial charge on any atom is -0.378 e. The summed E-state index contributed by atoms with van der Waals surface area (Å²) >= 11 is 0. The first kappa shape index (κ1) is 7.52. The lowest BCUT2D eigenvalue weighted by molar-refractivity contribution is 0.180. The van der Waals surface area contributed by atoms with Crippen LogP contribution >= 0.6 is 0 Å². The average molecular weight is 140 g/mol. The Morgan fingerprint density at radius 1 is 1.80 bits per heavy atom. The monoisotopic (exact) mass is 140 g/mol. The Bertz CT molecular complexity index is 144. The average Bonchev–Trinajstić information content (AvgIpc) is 2.39. The van der Waals surface area contributed by atoms with Crippen molar-refractivity contribution < 1.29 is 4.74 Å². The molecule has 1 N–H and O–H groups in total. The van der Waals surface area contributed by atoms with E-state index in [1.54, 1.807) is 0 Å². The quantitative estimate of drug-likeness (QED) is 0.599. The molecule has 0 aromatic carbocycles. The Balaban J connectivity index is 2.51. The van der Waals surface area contributed by atoms with Crippen LogP contribution in [-0.4, -0.2) is 25.3 Å². The van der Waals surface area contributed by atoms with E-state index in [9.17, 15) is 0 Å². The fourth-order valence-corrected chi connectivity index (χ4v) is 1.17. The van der Waals surface area contributed by atoms with Gasteiger partial charge in [-0.05, 0) is 6.54 Å². The van der Waals surface area contributed by atoms with Crippen LogP contribution < -0.4 is 5.32 Å². The van der Waals surface area contributed by atoms with Gasteiger partial charge in [-0.3, -0.25) is 5.32 Å². The van der Waals surface area contributed by atoms with Gasteiger partial charge in [0.05, 0.1) is 12.7 Å². The van der Waals surface area contributed by atoms with Crippen molar-refractivity contribution in [2.24, 2.45) is 0 Å². The summed E-state index contributed by atoms with van der Waals surface area (Å²) in [5.41, 5.74) is -0.380. The fourth-order valence-electron chi connectivity index (χ4n) is 1.17. The van der Waals surface area contributed by atoms with Crippen LogP contribution in [0.25, 0.3) is 0 Å². The molecule has 0 aromatic rings. The Morgan fingerprint density at radius 2 is 2.60 bits per heavy atom. The molecular weight excluding hydrogens is 128 g/mol. The number of hydrogen-bond donors (Lipinski definition) is 1. The van der Waals surface area contributed by atoms with Gasteiger partial charge < -0.3 is 4.74 Å². The van der Waals surface area contributed by atoms with E-state index in [-0.39, 0.29) is 5.54 Å². The highest BCUT2D eigenvalue weighted by molar-refractivity contribution is 5.09. The number of likely N-dealkylation sites (N-methyl/N-ethyl adjacent to an activating group) is 1. The molecule has 1 unspecified atom stereocenters. The van der Waals surface area contributed by atoms with E-state index in [2.05, 4.69) is 11.4 Å². The van der Waals surface area contributed by atoms with Crippen molar-refractivity contribution >= 4 is 0 Å². The van der Waals surface area contributed by atoms with Crippen molar-refractivity contribution in [3.63, 3.8) is 0 Å². The molecule has 3 nitrogen and oxygen atoms in total. The molecule has 0 spiro atoms. The molecule has 1 heterocycles. The first-order valence-corrected chi connectivity index (χ1v) is 3.57. The van der Waals surface area contributed by atoms with Gasteiger partial charge in [-0.15, -0.1) is 0 Å². The van der Waals surface area contributed by atoms with Crippen molar-refractivity contribution in [2.75, 3.05) is 19.8 Å². The Hall–Kier alpha value is -0.590. The highest BCUT2D eigenvalue weighted by atomic mass is 16.5. The molecule has 3 heteroatoms. The lowest BCUT2D eigenvalue weighted by atomic mass is 10.0. The Labute approximate surface area is 61.0 Å². The second-order valence-electron chi connectivity index (χ2n) is 2.53. The van der Waals surface area contributed by atoms with Crippen molar-refractivity contribution in [1.29, 1.82) is 5.26 Å². The number of nitriles is 1. The number of hydrogen-bond acceptors (Lipinski definition) is 3. The molecule has 1 aliphatic rings. The minimum absolute atomic E-state index is 0.380. The summed E-state index contributed by atoms with van der Waals surface area (Å²) in [6, 6.07) is 2.24. The largest absolute Gasteiger partial charge is 0.378 e. The lowest BCUT2D eigenvalue weighted by Crippen LogP contribution is -2.44. The van der Waals surface area contributed by atoms with E-state index < -0.39 is 0 Å². The van der Waals surface area contributed by atoms with Crippen LogP contribution in [0, 0.1) is 11.3 Å². The van der Waals surface area contributed by atoms with Crippen molar-refractivity contribution in [3.8, 4) is 6.07 Å². The maximum absolute atomic E-state index is 8.76. The van der Waals surface area contributed by atoms with Crippen molar-refractivity contribution in [3.05, 3.63) is 0 Å². The molecule has 0 aromatic heterocycles. The van der Waals surface area contributed by atoms with Gasteiger partial charge in [0.15, 0.2) is 0 Å². The zero-order valence-corrected chi connectivity index (χ0v) is 6.18. The van der Waals surface area contributed by atoms with Gasteiger partial charge in [0, 0.05) is 13.0 Å². The highest BCUT2D eigenvalue weighted by Crippen LogP contribution is 2.16. The van der Waals surface area contributed by atoms with E-state index in [4.69, 9.17) is 10.00 Å². The third-order valence-corrected chi connectivity index (χ3v) is 1.75.